The highest BCUT2D eigenvalue weighted by molar-refractivity contribution is 9.10. The number of nitrogens with one attached hydrogen (secondary N) is 1. The van der Waals surface area contributed by atoms with Crippen molar-refractivity contribution in [2.75, 3.05) is 13.7 Å². The smallest absolute Gasteiger partial charge is 0.126 e. The Bertz CT molecular complexity index is 478. The first-order chi connectivity index (χ1) is 8.54. The van der Waals surface area contributed by atoms with Crippen molar-refractivity contribution in [3.8, 4) is 11.8 Å². The summed E-state index contributed by atoms with van der Waals surface area (Å²) in [6.07, 6.45) is 0.521. The topological polar surface area (TPSA) is 45.0 Å². The van der Waals surface area contributed by atoms with E-state index < -0.39 is 0 Å². The number of nitrogens with zero attached hydrogens (tertiary/aromatic N) is 1. The molecule has 0 fully saturated rings. The van der Waals surface area contributed by atoms with Crippen LogP contribution in [0, 0.1) is 32.1 Å². The molecule has 0 aromatic heterocycles. The van der Waals surface area contributed by atoms with Gasteiger partial charge in [-0.05, 0) is 37.5 Å². The molecule has 0 saturated carbocycles. The summed E-state index contributed by atoms with van der Waals surface area (Å²) in [5.41, 5.74) is 4.72. The summed E-state index contributed by atoms with van der Waals surface area (Å²) in [4.78, 5) is 0. The third-order valence-electron chi connectivity index (χ3n) is 3.21. The van der Waals surface area contributed by atoms with Gasteiger partial charge < -0.3 is 10.1 Å². The SMILES string of the molecule is COc1c(C)c(C)c(Br)c(C)c1CNCCC#N. The normalized spacial score (nSPS) is 10.2. The van der Waals surface area contributed by atoms with Crippen molar-refractivity contribution >= 4 is 15.9 Å². The summed E-state index contributed by atoms with van der Waals surface area (Å²) in [6, 6.07) is 2.13. The van der Waals surface area contributed by atoms with Crippen LogP contribution >= 0.6 is 15.9 Å². The second-order valence-electron chi connectivity index (χ2n) is 4.29. The highest BCUT2D eigenvalue weighted by Gasteiger charge is 2.16. The minimum atomic E-state index is 0.521. The maximum Gasteiger partial charge on any atom is 0.126 e. The molecule has 0 heterocycles. The van der Waals surface area contributed by atoms with Crippen LogP contribution in [0.15, 0.2) is 4.47 Å². The molecule has 0 aliphatic carbocycles. The highest BCUT2D eigenvalue weighted by atomic mass is 79.9. The van der Waals surface area contributed by atoms with Crippen LogP contribution in [0.5, 0.6) is 5.75 Å². The van der Waals surface area contributed by atoms with Crippen molar-refractivity contribution in [2.24, 2.45) is 0 Å². The molecule has 0 unspecified atom stereocenters. The first kappa shape index (κ1) is 15.0. The van der Waals surface area contributed by atoms with Gasteiger partial charge in [-0.2, -0.15) is 5.26 Å². The predicted molar refractivity (Wildman–Crippen MR) is 76.8 cm³/mol. The second-order valence-corrected chi connectivity index (χ2v) is 5.08. The molecule has 1 N–H and O–H groups in total. The van der Waals surface area contributed by atoms with E-state index in [1.807, 2.05) is 0 Å². The monoisotopic (exact) mass is 310 g/mol. The lowest BCUT2D eigenvalue weighted by Crippen LogP contribution is -2.16. The molecule has 0 aliphatic heterocycles. The van der Waals surface area contributed by atoms with Crippen LogP contribution < -0.4 is 10.1 Å². The number of benzene rings is 1. The number of rotatable bonds is 5. The zero-order valence-electron chi connectivity index (χ0n) is 11.4. The maximum absolute atomic E-state index is 8.52. The third kappa shape index (κ3) is 3.04. The highest BCUT2D eigenvalue weighted by Crippen LogP contribution is 2.35. The average Bonchev–Trinajstić information content (AvgIpc) is 2.38. The molecule has 0 amide bonds. The van der Waals surface area contributed by atoms with Crippen molar-refractivity contribution < 1.29 is 4.74 Å². The Kier molecular flexibility index (Phi) is 5.64. The van der Waals surface area contributed by atoms with Crippen molar-refractivity contribution in [3.05, 3.63) is 26.7 Å². The standard InChI is InChI=1S/C14H19BrN2O/c1-9-10(2)14(18-4)12(11(3)13(9)15)8-17-7-5-6-16/h17H,5,7-8H2,1-4H3. The molecule has 18 heavy (non-hydrogen) atoms. The molecule has 1 aromatic rings. The van der Waals surface area contributed by atoms with Crippen molar-refractivity contribution in [3.63, 3.8) is 0 Å². The van der Waals surface area contributed by atoms with Crippen LogP contribution in [0.3, 0.4) is 0 Å². The Morgan fingerprint density at radius 2 is 1.89 bits per heavy atom. The van der Waals surface area contributed by atoms with E-state index in [2.05, 4.69) is 48.1 Å². The molecule has 1 rings (SSSR count). The number of hydrogen-bond donors (Lipinski definition) is 1. The second kappa shape index (κ2) is 6.77. The number of nitriles is 1. The molecule has 0 aliphatic rings. The van der Waals surface area contributed by atoms with E-state index >= 15 is 0 Å². The van der Waals surface area contributed by atoms with E-state index in [4.69, 9.17) is 10.00 Å². The van der Waals surface area contributed by atoms with Crippen molar-refractivity contribution in [2.45, 2.75) is 33.7 Å². The molecule has 98 valence electrons. The van der Waals surface area contributed by atoms with E-state index in [1.54, 1.807) is 7.11 Å². The molecular formula is C14H19BrN2O. The van der Waals surface area contributed by atoms with Crippen LogP contribution in [0.1, 0.15) is 28.7 Å². The molecule has 1 aromatic carbocycles. The molecule has 0 saturated heterocycles. The molecule has 4 heteroatoms. The number of halogens is 1. The predicted octanol–water partition coefficient (Wildman–Crippen LogP) is 3.39. The summed E-state index contributed by atoms with van der Waals surface area (Å²) < 4.78 is 6.66. The maximum atomic E-state index is 8.52. The zero-order chi connectivity index (χ0) is 13.7. The van der Waals surface area contributed by atoms with Gasteiger partial charge in [0.15, 0.2) is 0 Å². The Morgan fingerprint density at radius 1 is 1.22 bits per heavy atom. The van der Waals surface area contributed by atoms with Crippen LogP contribution in [0.25, 0.3) is 0 Å². The van der Waals surface area contributed by atoms with Gasteiger partial charge in [0.05, 0.1) is 13.2 Å². The summed E-state index contributed by atoms with van der Waals surface area (Å²) >= 11 is 3.63. The third-order valence-corrected chi connectivity index (χ3v) is 4.40. The Balaban J connectivity index is 3.06. The van der Waals surface area contributed by atoms with E-state index in [0.29, 0.717) is 13.0 Å². The fraction of sp³-hybridized carbons (Fsp3) is 0.500. The van der Waals surface area contributed by atoms with Gasteiger partial charge in [0, 0.05) is 29.5 Å². The van der Waals surface area contributed by atoms with E-state index in [9.17, 15) is 0 Å². The van der Waals surface area contributed by atoms with Gasteiger partial charge in [0.1, 0.15) is 5.75 Å². The Morgan fingerprint density at radius 3 is 2.44 bits per heavy atom. The number of hydrogen-bond acceptors (Lipinski definition) is 3. The van der Waals surface area contributed by atoms with E-state index in [-0.39, 0.29) is 0 Å². The first-order valence-corrected chi connectivity index (χ1v) is 6.73. The van der Waals surface area contributed by atoms with E-state index in [1.165, 1.54) is 11.1 Å². The van der Waals surface area contributed by atoms with Gasteiger partial charge in [-0.3, -0.25) is 0 Å². The van der Waals surface area contributed by atoms with Gasteiger partial charge in [0.25, 0.3) is 0 Å². The van der Waals surface area contributed by atoms with Crippen LogP contribution in [0.4, 0.5) is 0 Å². The molecule has 0 atom stereocenters. The summed E-state index contributed by atoms with van der Waals surface area (Å²) in [7, 11) is 1.70. The molecule has 0 radical (unpaired) electrons. The summed E-state index contributed by atoms with van der Waals surface area (Å²) in [5, 5.41) is 11.8. The number of ether oxygens (including phenoxy) is 1. The largest absolute Gasteiger partial charge is 0.496 e. The first-order valence-electron chi connectivity index (χ1n) is 5.94. The Labute approximate surface area is 117 Å². The molecular weight excluding hydrogens is 292 g/mol. The van der Waals surface area contributed by atoms with Gasteiger partial charge >= 0.3 is 0 Å². The summed E-state index contributed by atoms with van der Waals surface area (Å²) in [5.74, 6) is 0.942. The van der Waals surface area contributed by atoms with Gasteiger partial charge in [-0.1, -0.05) is 15.9 Å². The van der Waals surface area contributed by atoms with E-state index in [0.717, 1.165) is 27.9 Å². The lowest BCUT2D eigenvalue weighted by Gasteiger charge is -2.19. The van der Waals surface area contributed by atoms with Gasteiger partial charge in [0.2, 0.25) is 0 Å². The summed E-state index contributed by atoms with van der Waals surface area (Å²) in [6.45, 7) is 7.65. The zero-order valence-corrected chi connectivity index (χ0v) is 12.9. The van der Waals surface area contributed by atoms with Crippen LogP contribution in [-0.2, 0) is 6.54 Å². The average molecular weight is 311 g/mol. The van der Waals surface area contributed by atoms with Gasteiger partial charge in [-0.25, -0.2) is 0 Å². The number of methoxy groups -OCH3 is 1. The lowest BCUT2D eigenvalue weighted by molar-refractivity contribution is 0.403. The fourth-order valence-corrected chi connectivity index (χ4v) is 2.53. The van der Waals surface area contributed by atoms with Crippen LogP contribution in [0.2, 0.25) is 0 Å². The minimum absolute atomic E-state index is 0.521. The fourth-order valence-electron chi connectivity index (χ4n) is 1.99. The Hall–Kier alpha value is -1.05. The quantitative estimate of drug-likeness (QED) is 0.848. The van der Waals surface area contributed by atoms with Crippen LogP contribution in [-0.4, -0.2) is 13.7 Å². The minimum Gasteiger partial charge on any atom is -0.496 e. The molecule has 0 spiro atoms. The van der Waals surface area contributed by atoms with Crippen molar-refractivity contribution in [1.82, 2.24) is 5.32 Å². The molecule has 0 bridgehead atoms. The molecule has 3 nitrogen and oxygen atoms in total. The van der Waals surface area contributed by atoms with Crippen molar-refractivity contribution in [1.29, 1.82) is 5.26 Å². The lowest BCUT2D eigenvalue weighted by atomic mass is 9.99. The van der Waals surface area contributed by atoms with Gasteiger partial charge in [-0.15, -0.1) is 0 Å².